The Hall–Kier alpha value is -0.890. The van der Waals surface area contributed by atoms with Crippen LogP contribution in [0.5, 0.6) is 0 Å². The highest BCUT2D eigenvalue weighted by Gasteiger charge is 2.55. The SMILES string of the molecule is CC(C)(C)c1ccc([C@H]2C[C@]2(F)CO)cc1. The fourth-order valence-electron chi connectivity index (χ4n) is 2.09. The van der Waals surface area contributed by atoms with Gasteiger partial charge in [-0.3, -0.25) is 0 Å². The van der Waals surface area contributed by atoms with Crippen LogP contribution >= 0.6 is 0 Å². The summed E-state index contributed by atoms with van der Waals surface area (Å²) in [5.74, 6) is -0.105. The van der Waals surface area contributed by atoms with Gasteiger partial charge in [-0.15, -0.1) is 0 Å². The number of rotatable bonds is 2. The minimum atomic E-state index is -1.36. The molecule has 1 aromatic rings. The Bertz CT molecular complexity index is 377. The number of hydrogen-bond donors (Lipinski definition) is 1. The number of benzene rings is 1. The lowest BCUT2D eigenvalue weighted by molar-refractivity contribution is 0.155. The van der Waals surface area contributed by atoms with E-state index in [0.717, 1.165) is 5.56 Å². The van der Waals surface area contributed by atoms with E-state index in [9.17, 15) is 4.39 Å². The zero-order valence-corrected chi connectivity index (χ0v) is 10.1. The normalized spacial score (nSPS) is 29.2. The lowest BCUT2D eigenvalue weighted by Crippen LogP contribution is -2.11. The molecular weight excluding hydrogens is 203 g/mol. The Morgan fingerprint density at radius 1 is 1.31 bits per heavy atom. The Balaban J connectivity index is 2.16. The fraction of sp³-hybridized carbons (Fsp3) is 0.571. The van der Waals surface area contributed by atoms with E-state index in [1.54, 1.807) is 0 Å². The summed E-state index contributed by atoms with van der Waals surface area (Å²) < 4.78 is 13.7. The molecule has 16 heavy (non-hydrogen) atoms. The minimum Gasteiger partial charge on any atom is -0.393 e. The van der Waals surface area contributed by atoms with Crippen LogP contribution in [-0.2, 0) is 5.41 Å². The Kier molecular flexibility index (Phi) is 2.58. The van der Waals surface area contributed by atoms with Gasteiger partial charge in [-0.2, -0.15) is 0 Å². The number of alkyl halides is 1. The van der Waals surface area contributed by atoms with E-state index in [-0.39, 0.29) is 17.9 Å². The van der Waals surface area contributed by atoms with Crippen LogP contribution in [0.1, 0.15) is 44.2 Å². The summed E-state index contributed by atoms with van der Waals surface area (Å²) in [5.41, 5.74) is 1.03. The highest BCUT2D eigenvalue weighted by Crippen LogP contribution is 2.54. The molecule has 0 unspecified atom stereocenters. The maximum Gasteiger partial charge on any atom is 0.141 e. The molecule has 0 amide bonds. The van der Waals surface area contributed by atoms with Gasteiger partial charge >= 0.3 is 0 Å². The van der Waals surface area contributed by atoms with E-state index < -0.39 is 5.67 Å². The molecule has 1 saturated carbocycles. The van der Waals surface area contributed by atoms with Crippen LogP contribution in [-0.4, -0.2) is 17.4 Å². The van der Waals surface area contributed by atoms with Gasteiger partial charge in [0.1, 0.15) is 5.67 Å². The van der Waals surface area contributed by atoms with Crippen LogP contribution in [0.15, 0.2) is 24.3 Å². The summed E-state index contributed by atoms with van der Waals surface area (Å²) in [6.45, 7) is 6.11. The van der Waals surface area contributed by atoms with Gasteiger partial charge in [0, 0.05) is 5.92 Å². The molecule has 0 radical (unpaired) electrons. The van der Waals surface area contributed by atoms with Crippen molar-refractivity contribution in [3.05, 3.63) is 35.4 Å². The highest BCUT2D eigenvalue weighted by molar-refractivity contribution is 5.35. The second kappa shape index (κ2) is 3.56. The zero-order chi connectivity index (χ0) is 12.0. The van der Waals surface area contributed by atoms with Gasteiger partial charge in [0.05, 0.1) is 6.61 Å². The predicted molar refractivity (Wildman–Crippen MR) is 63.4 cm³/mol. The van der Waals surface area contributed by atoms with Crippen molar-refractivity contribution >= 4 is 0 Å². The van der Waals surface area contributed by atoms with Gasteiger partial charge < -0.3 is 5.11 Å². The first kappa shape index (κ1) is 11.6. The lowest BCUT2D eigenvalue weighted by atomic mass is 9.86. The van der Waals surface area contributed by atoms with Crippen molar-refractivity contribution in [1.82, 2.24) is 0 Å². The van der Waals surface area contributed by atoms with Crippen molar-refractivity contribution in [3.63, 3.8) is 0 Å². The third-order valence-corrected chi connectivity index (χ3v) is 3.45. The van der Waals surface area contributed by atoms with Gasteiger partial charge in [-0.25, -0.2) is 4.39 Å². The van der Waals surface area contributed by atoms with Gasteiger partial charge in [0.2, 0.25) is 0 Å². The molecule has 1 fully saturated rings. The van der Waals surface area contributed by atoms with Crippen molar-refractivity contribution in [2.75, 3.05) is 6.61 Å². The third-order valence-electron chi connectivity index (χ3n) is 3.45. The topological polar surface area (TPSA) is 20.2 Å². The quantitative estimate of drug-likeness (QED) is 0.815. The molecule has 1 nitrogen and oxygen atoms in total. The first-order chi connectivity index (χ1) is 7.37. The minimum absolute atomic E-state index is 0.105. The molecular formula is C14H19FO. The van der Waals surface area contributed by atoms with E-state index >= 15 is 0 Å². The molecule has 0 spiro atoms. The summed E-state index contributed by atoms with van der Waals surface area (Å²) in [5, 5.41) is 8.91. The Morgan fingerprint density at radius 3 is 2.25 bits per heavy atom. The Labute approximate surface area is 96.3 Å². The van der Waals surface area contributed by atoms with Gasteiger partial charge in [0.25, 0.3) is 0 Å². The molecule has 0 heterocycles. The van der Waals surface area contributed by atoms with Crippen molar-refractivity contribution in [2.24, 2.45) is 0 Å². The largest absolute Gasteiger partial charge is 0.393 e. The molecule has 0 saturated heterocycles. The molecule has 0 aromatic heterocycles. The number of aliphatic hydroxyl groups is 1. The van der Waals surface area contributed by atoms with Crippen molar-refractivity contribution in [3.8, 4) is 0 Å². The van der Waals surface area contributed by atoms with Crippen LogP contribution in [0, 0.1) is 0 Å². The van der Waals surface area contributed by atoms with E-state index in [1.807, 2.05) is 12.1 Å². The Morgan fingerprint density at radius 2 is 1.88 bits per heavy atom. The number of halogens is 1. The summed E-state index contributed by atoms with van der Waals surface area (Å²) >= 11 is 0. The molecule has 0 aliphatic heterocycles. The average molecular weight is 222 g/mol. The number of aliphatic hydroxyl groups excluding tert-OH is 1. The summed E-state index contributed by atoms with van der Waals surface area (Å²) in [6, 6.07) is 8.10. The maximum absolute atomic E-state index is 13.7. The summed E-state index contributed by atoms with van der Waals surface area (Å²) in [7, 11) is 0. The lowest BCUT2D eigenvalue weighted by Gasteiger charge is -2.19. The molecule has 1 aliphatic carbocycles. The van der Waals surface area contributed by atoms with Crippen LogP contribution in [0.25, 0.3) is 0 Å². The van der Waals surface area contributed by atoms with Crippen LogP contribution in [0.4, 0.5) is 4.39 Å². The first-order valence-corrected chi connectivity index (χ1v) is 5.77. The van der Waals surface area contributed by atoms with Gasteiger partial charge in [-0.05, 0) is 23.0 Å². The van der Waals surface area contributed by atoms with Gasteiger partial charge in [0.15, 0.2) is 0 Å². The molecule has 2 heteroatoms. The smallest absolute Gasteiger partial charge is 0.141 e. The van der Waals surface area contributed by atoms with E-state index in [1.165, 1.54) is 5.56 Å². The standard InChI is InChI=1S/C14H19FO/c1-13(2,3)11-6-4-10(5-7-11)12-8-14(12,15)9-16/h4-7,12,16H,8-9H2,1-3H3/t12-,14+/m1/s1. The molecule has 88 valence electrons. The van der Waals surface area contributed by atoms with E-state index in [0.29, 0.717) is 6.42 Å². The van der Waals surface area contributed by atoms with Crippen LogP contribution in [0.2, 0.25) is 0 Å². The molecule has 2 atom stereocenters. The highest BCUT2D eigenvalue weighted by atomic mass is 19.1. The third kappa shape index (κ3) is 1.99. The zero-order valence-electron chi connectivity index (χ0n) is 10.1. The molecule has 1 aromatic carbocycles. The molecule has 1 N–H and O–H groups in total. The number of hydrogen-bond acceptors (Lipinski definition) is 1. The van der Waals surface area contributed by atoms with Crippen molar-refractivity contribution in [2.45, 2.75) is 44.2 Å². The molecule has 0 bridgehead atoms. The maximum atomic E-state index is 13.7. The van der Waals surface area contributed by atoms with Crippen molar-refractivity contribution < 1.29 is 9.50 Å². The van der Waals surface area contributed by atoms with Gasteiger partial charge in [-0.1, -0.05) is 45.0 Å². The second-order valence-electron chi connectivity index (χ2n) is 5.82. The van der Waals surface area contributed by atoms with Crippen LogP contribution in [0.3, 0.4) is 0 Å². The average Bonchev–Trinajstić information content (AvgIpc) is 2.91. The van der Waals surface area contributed by atoms with E-state index in [4.69, 9.17) is 5.11 Å². The second-order valence-corrected chi connectivity index (χ2v) is 5.82. The fourth-order valence-corrected chi connectivity index (χ4v) is 2.09. The predicted octanol–water partition coefficient (Wildman–Crippen LogP) is 3.17. The molecule has 1 aliphatic rings. The summed E-state index contributed by atoms with van der Waals surface area (Å²) in [4.78, 5) is 0. The first-order valence-electron chi connectivity index (χ1n) is 5.77. The summed E-state index contributed by atoms with van der Waals surface area (Å²) in [6.07, 6.45) is 0.457. The van der Waals surface area contributed by atoms with E-state index in [2.05, 4.69) is 32.9 Å². The monoisotopic (exact) mass is 222 g/mol. The molecule has 2 rings (SSSR count). The van der Waals surface area contributed by atoms with Crippen molar-refractivity contribution in [1.29, 1.82) is 0 Å². The van der Waals surface area contributed by atoms with Crippen LogP contribution < -0.4 is 0 Å².